The van der Waals surface area contributed by atoms with Gasteiger partial charge in [0.05, 0.1) is 0 Å². The standard InChI is InChI=1S/C14H18BrNO2/c1-9-13(15)11(6-10-2-4-16-5-3-10)7-12-14(9)18-8-17-12/h7,10,16H,2-6,8H2,1H3. The van der Waals surface area contributed by atoms with Crippen LogP contribution in [0, 0.1) is 12.8 Å². The maximum Gasteiger partial charge on any atom is 0.231 e. The van der Waals surface area contributed by atoms with E-state index >= 15 is 0 Å². The molecule has 4 heteroatoms. The van der Waals surface area contributed by atoms with Gasteiger partial charge in [-0.25, -0.2) is 0 Å². The summed E-state index contributed by atoms with van der Waals surface area (Å²) < 4.78 is 12.2. The van der Waals surface area contributed by atoms with Gasteiger partial charge in [0.25, 0.3) is 0 Å². The van der Waals surface area contributed by atoms with Gasteiger partial charge in [0.2, 0.25) is 6.79 Å². The highest BCUT2D eigenvalue weighted by Gasteiger charge is 2.22. The summed E-state index contributed by atoms with van der Waals surface area (Å²) in [6.45, 7) is 4.72. The predicted molar refractivity (Wildman–Crippen MR) is 74.3 cm³/mol. The Labute approximate surface area is 116 Å². The van der Waals surface area contributed by atoms with Crippen LogP contribution < -0.4 is 14.8 Å². The summed E-state index contributed by atoms with van der Waals surface area (Å²) in [7, 11) is 0. The zero-order valence-electron chi connectivity index (χ0n) is 10.6. The van der Waals surface area contributed by atoms with Gasteiger partial charge < -0.3 is 14.8 Å². The lowest BCUT2D eigenvalue weighted by Gasteiger charge is -2.23. The van der Waals surface area contributed by atoms with Gasteiger partial charge in [-0.05, 0) is 56.8 Å². The molecule has 3 rings (SSSR count). The Morgan fingerprint density at radius 1 is 1.33 bits per heavy atom. The molecule has 0 spiro atoms. The Morgan fingerprint density at radius 3 is 2.89 bits per heavy atom. The first-order valence-electron chi connectivity index (χ1n) is 6.54. The van der Waals surface area contributed by atoms with Gasteiger partial charge in [0.1, 0.15) is 0 Å². The Balaban J connectivity index is 1.85. The number of hydrogen-bond donors (Lipinski definition) is 1. The van der Waals surface area contributed by atoms with Crippen LogP contribution in [0.3, 0.4) is 0 Å². The Hall–Kier alpha value is -0.740. The van der Waals surface area contributed by atoms with E-state index in [-0.39, 0.29) is 0 Å². The van der Waals surface area contributed by atoms with Gasteiger partial charge in [0, 0.05) is 10.0 Å². The van der Waals surface area contributed by atoms with Crippen molar-refractivity contribution in [2.45, 2.75) is 26.2 Å². The molecule has 0 atom stereocenters. The fourth-order valence-electron chi connectivity index (χ4n) is 2.80. The topological polar surface area (TPSA) is 30.5 Å². The number of ether oxygens (including phenoxy) is 2. The molecule has 1 N–H and O–H groups in total. The monoisotopic (exact) mass is 311 g/mol. The number of halogens is 1. The second kappa shape index (κ2) is 5.10. The van der Waals surface area contributed by atoms with E-state index in [0.717, 1.165) is 42.5 Å². The van der Waals surface area contributed by atoms with Crippen molar-refractivity contribution in [3.63, 3.8) is 0 Å². The highest BCUT2D eigenvalue weighted by molar-refractivity contribution is 9.10. The average Bonchev–Trinajstić information content (AvgIpc) is 2.85. The van der Waals surface area contributed by atoms with E-state index < -0.39 is 0 Å². The molecular formula is C14H18BrNO2. The summed E-state index contributed by atoms with van der Waals surface area (Å²) in [5.41, 5.74) is 2.51. The fraction of sp³-hybridized carbons (Fsp3) is 0.571. The van der Waals surface area contributed by atoms with Crippen molar-refractivity contribution in [2.24, 2.45) is 5.92 Å². The number of hydrogen-bond acceptors (Lipinski definition) is 3. The van der Waals surface area contributed by atoms with E-state index in [1.165, 1.54) is 22.9 Å². The molecule has 0 radical (unpaired) electrons. The van der Waals surface area contributed by atoms with Crippen LogP contribution in [-0.2, 0) is 6.42 Å². The van der Waals surface area contributed by atoms with E-state index in [1.807, 2.05) is 0 Å². The molecule has 1 saturated heterocycles. The van der Waals surface area contributed by atoms with Crippen LogP contribution in [-0.4, -0.2) is 19.9 Å². The third-order valence-electron chi connectivity index (χ3n) is 3.87. The van der Waals surface area contributed by atoms with Crippen LogP contribution in [0.5, 0.6) is 11.5 Å². The maximum atomic E-state index is 5.51. The number of benzene rings is 1. The minimum absolute atomic E-state index is 0.347. The number of nitrogens with one attached hydrogen (secondary N) is 1. The van der Waals surface area contributed by atoms with Crippen molar-refractivity contribution in [1.29, 1.82) is 0 Å². The number of fused-ring (bicyclic) bond motifs is 1. The SMILES string of the molecule is Cc1c(Br)c(CC2CCNCC2)cc2c1OCO2. The molecule has 1 aromatic carbocycles. The first-order valence-corrected chi connectivity index (χ1v) is 7.33. The van der Waals surface area contributed by atoms with Crippen LogP contribution in [0.4, 0.5) is 0 Å². The zero-order chi connectivity index (χ0) is 12.5. The van der Waals surface area contributed by atoms with E-state index in [2.05, 4.69) is 34.2 Å². The van der Waals surface area contributed by atoms with Crippen LogP contribution in [0.25, 0.3) is 0 Å². The number of rotatable bonds is 2. The summed E-state index contributed by atoms with van der Waals surface area (Å²) in [4.78, 5) is 0. The van der Waals surface area contributed by atoms with Gasteiger partial charge in [-0.15, -0.1) is 0 Å². The van der Waals surface area contributed by atoms with E-state index in [9.17, 15) is 0 Å². The van der Waals surface area contributed by atoms with Crippen molar-refractivity contribution in [1.82, 2.24) is 5.32 Å². The summed E-state index contributed by atoms with van der Waals surface area (Å²) in [5, 5.41) is 3.41. The Kier molecular flexibility index (Phi) is 3.48. The lowest BCUT2D eigenvalue weighted by atomic mass is 9.90. The van der Waals surface area contributed by atoms with Crippen LogP contribution in [0.2, 0.25) is 0 Å². The van der Waals surface area contributed by atoms with Crippen molar-refractivity contribution >= 4 is 15.9 Å². The molecule has 0 aromatic heterocycles. The van der Waals surface area contributed by atoms with Crippen molar-refractivity contribution in [2.75, 3.05) is 19.9 Å². The molecule has 0 unspecified atom stereocenters. The molecule has 3 nitrogen and oxygen atoms in total. The second-order valence-corrected chi connectivity index (χ2v) is 5.90. The van der Waals surface area contributed by atoms with Gasteiger partial charge in [-0.1, -0.05) is 15.9 Å². The first-order chi connectivity index (χ1) is 8.75. The fourth-order valence-corrected chi connectivity index (χ4v) is 3.25. The summed E-state index contributed by atoms with van der Waals surface area (Å²) in [5.74, 6) is 2.58. The van der Waals surface area contributed by atoms with E-state index in [1.54, 1.807) is 0 Å². The Bertz CT molecular complexity index is 456. The van der Waals surface area contributed by atoms with Gasteiger partial charge in [0.15, 0.2) is 11.5 Å². The van der Waals surface area contributed by atoms with Crippen LogP contribution in [0.15, 0.2) is 10.5 Å². The van der Waals surface area contributed by atoms with Gasteiger partial charge in [-0.2, -0.15) is 0 Å². The van der Waals surface area contributed by atoms with Crippen LogP contribution >= 0.6 is 15.9 Å². The molecule has 18 heavy (non-hydrogen) atoms. The lowest BCUT2D eigenvalue weighted by Crippen LogP contribution is -2.28. The largest absolute Gasteiger partial charge is 0.454 e. The van der Waals surface area contributed by atoms with Gasteiger partial charge >= 0.3 is 0 Å². The minimum Gasteiger partial charge on any atom is -0.454 e. The van der Waals surface area contributed by atoms with Crippen molar-refractivity contribution in [3.05, 3.63) is 21.7 Å². The molecule has 2 heterocycles. The molecule has 1 fully saturated rings. The molecule has 0 amide bonds. The molecule has 98 valence electrons. The maximum absolute atomic E-state index is 5.51. The molecule has 2 aliphatic heterocycles. The van der Waals surface area contributed by atoms with Crippen molar-refractivity contribution < 1.29 is 9.47 Å². The minimum atomic E-state index is 0.347. The third kappa shape index (κ3) is 2.24. The summed E-state index contributed by atoms with van der Waals surface area (Å²) in [6.07, 6.45) is 3.65. The molecular weight excluding hydrogens is 294 g/mol. The van der Waals surface area contributed by atoms with E-state index in [4.69, 9.17) is 9.47 Å². The normalized spacial score (nSPS) is 19.2. The molecule has 0 saturated carbocycles. The molecule has 2 aliphatic rings. The third-order valence-corrected chi connectivity index (χ3v) is 4.97. The quantitative estimate of drug-likeness (QED) is 0.910. The van der Waals surface area contributed by atoms with E-state index in [0.29, 0.717) is 6.79 Å². The van der Waals surface area contributed by atoms with Crippen molar-refractivity contribution in [3.8, 4) is 11.5 Å². The predicted octanol–water partition coefficient (Wildman–Crippen LogP) is 3.03. The van der Waals surface area contributed by atoms with Crippen LogP contribution in [0.1, 0.15) is 24.0 Å². The lowest BCUT2D eigenvalue weighted by molar-refractivity contribution is 0.173. The number of piperidine rings is 1. The zero-order valence-corrected chi connectivity index (χ0v) is 12.2. The molecule has 0 bridgehead atoms. The average molecular weight is 312 g/mol. The molecule has 0 aliphatic carbocycles. The summed E-state index contributed by atoms with van der Waals surface area (Å²) in [6, 6.07) is 2.14. The summed E-state index contributed by atoms with van der Waals surface area (Å²) >= 11 is 3.71. The molecule has 1 aromatic rings. The first kappa shape index (κ1) is 12.3. The highest BCUT2D eigenvalue weighted by atomic mass is 79.9. The highest BCUT2D eigenvalue weighted by Crippen LogP contribution is 2.42. The van der Waals surface area contributed by atoms with Gasteiger partial charge in [-0.3, -0.25) is 0 Å². The Morgan fingerprint density at radius 2 is 2.11 bits per heavy atom. The second-order valence-electron chi connectivity index (χ2n) is 5.11. The smallest absolute Gasteiger partial charge is 0.231 e.